The Hall–Kier alpha value is -2.79. The largest absolute Gasteiger partial charge is 0.456 e. The first-order valence-electron chi connectivity index (χ1n) is 14.7. The van der Waals surface area contributed by atoms with Crippen LogP contribution in [0.25, 0.3) is 10.4 Å². The number of esters is 1. The summed E-state index contributed by atoms with van der Waals surface area (Å²) in [7, 11) is 4.17. The number of carbonyl (C=O) groups excluding carboxylic acids is 2. The fourth-order valence-corrected chi connectivity index (χ4v) is 8.30. The van der Waals surface area contributed by atoms with Crippen LogP contribution in [0, 0.1) is 5.82 Å². The highest BCUT2D eigenvalue weighted by atomic mass is 32.1. The monoisotopic (exact) mass is 612 g/mol. The lowest BCUT2D eigenvalue weighted by molar-refractivity contribution is 0.00698. The molecule has 3 aromatic rings. The number of fused-ring (bicyclic) bond motifs is 2. The van der Waals surface area contributed by atoms with E-state index < -0.39 is 11.6 Å². The van der Waals surface area contributed by atoms with Crippen LogP contribution in [-0.2, 0) is 37.1 Å². The molecule has 1 aliphatic carbocycles. The molecule has 2 N–H and O–H groups in total. The molecule has 2 aromatic heterocycles. The van der Waals surface area contributed by atoms with Gasteiger partial charge in [-0.2, -0.15) is 0 Å². The highest BCUT2D eigenvalue weighted by Gasteiger charge is 2.30. The molecule has 10 heteroatoms. The number of ether oxygens (including phenoxy) is 1. The summed E-state index contributed by atoms with van der Waals surface area (Å²) in [5, 5.41) is 6.57. The maximum atomic E-state index is 14.2. The number of hydrogen-bond acceptors (Lipinski definition) is 7. The van der Waals surface area contributed by atoms with E-state index in [2.05, 4.69) is 34.5 Å². The highest BCUT2D eigenvalue weighted by molar-refractivity contribution is 7.17. The van der Waals surface area contributed by atoms with E-state index in [1.807, 2.05) is 26.8 Å². The van der Waals surface area contributed by atoms with Crippen molar-refractivity contribution in [1.29, 1.82) is 0 Å². The van der Waals surface area contributed by atoms with Gasteiger partial charge >= 0.3 is 12.0 Å². The van der Waals surface area contributed by atoms with E-state index >= 15 is 0 Å². The lowest BCUT2D eigenvalue weighted by Gasteiger charge is -2.28. The third-order valence-corrected chi connectivity index (χ3v) is 10.1. The van der Waals surface area contributed by atoms with Gasteiger partial charge in [-0.15, -0.1) is 22.7 Å². The van der Waals surface area contributed by atoms with E-state index in [1.165, 1.54) is 27.8 Å². The van der Waals surface area contributed by atoms with Gasteiger partial charge in [0, 0.05) is 47.4 Å². The Balaban J connectivity index is 1.37. The molecule has 0 unspecified atom stereocenters. The Labute approximate surface area is 256 Å². The van der Waals surface area contributed by atoms with Crippen LogP contribution in [0.3, 0.4) is 0 Å². The quantitative estimate of drug-likeness (QED) is 0.277. The normalized spacial score (nSPS) is 15.3. The molecule has 0 spiro atoms. The Morgan fingerprint density at radius 3 is 2.60 bits per heavy atom. The van der Waals surface area contributed by atoms with Crippen molar-refractivity contribution in [2.45, 2.75) is 71.6 Å². The third-order valence-electron chi connectivity index (χ3n) is 7.62. The number of amides is 2. The number of nitrogens with one attached hydrogen (secondary N) is 2. The van der Waals surface area contributed by atoms with Crippen LogP contribution in [0.15, 0.2) is 24.3 Å². The molecular formula is C32H41FN4O3S2. The van der Waals surface area contributed by atoms with Crippen LogP contribution in [-0.4, -0.2) is 61.1 Å². The van der Waals surface area contributed by atoms with Crippen LogP contribution in [0.1, 0.15) is 70.4 Å². The molecule has 226 valence electrons. The van der Waals surface area contributed by atoms with Crippen molar-refractivity contribution in [2.75, 3.05) is 39.0 Å². The first kappa shape index (κ1) is 30.7. The maximum Gasteiger partial charge on any atom is 0.341 e. The molecule has 0 saturated carbocycles. The minimum atomic E-state index is -0.631. The first-order valence-corrected chi connectivity index (χ1v) is 16.3. The standard InChI is InChI=1S/C32H41FN4O3S2/c1-32(2,3)40-30(38)27-23-11-6-7-12-25(23)42-29(27)35-31(39)34-18-24-22-13-14-37(16-15-36(4)5)19-26(22)41-28(24)20-9-8-10-21(33)17-20/h8-10,17H,6-7,11-16,18-19H2,1-5H3,(H2,34,35,39). The molecule has 3 heterocycles. The first-order chi connectivity index (χ1) is 20.0. The number of anilines is 1. The van der Waals surface area contributed by atoms with Gasteiger partial charge < -0.3 is 15.0 Å². The minimum Gasteiger partial charge on any atom is -0.456 e. The summed E-state index contributed by atoms with van der Waals surface area (Å²) < 4.78 is 20.0. The van der Waals surface area contributed by atoms with Gasteiger partial charge in [0.15, 0.2) is 0 Å². The van der Waals surface area contributed by atoms with Gasteiger partial charge in [0.1, 0.15) is 16.4 Å². The third kappa shape index (κ3) is 7.22. The van der Waals surface area contributed by atoms with Crippen molar-refractivity contribution in [3.8, 4) is 10.4 Å². The number of nitrogens with zero attached hydrogens (tertiary/aromatic N) is 2. The van der Waals surface area contributed by atoms with Gasteiger partial charge in [0.25, 0.3) is 0 Å². The van der Waals surface area contributed by atoms with Crippen molar-refractivity contribution >= 4 is 39.7 Å². The Morgan fingerprint density at radius 2 is 1.86 bits per heavy atom. The zero-order valence-corrected chi connectivity index (χ0v) is 26.8. The number of rotatable bonds is 8. The SMILES string of the molecule is CN(C)CCN1CCc2c(sc(-c3cccc(F)c3)c2CNC(=O)Nc2sc3c(c2C(=O)OC(C)(C)C)CCCC3)C1. The predicted octanol–water partition coefficient (Wildman–Crippen LogP) is 6.69. The van der Waals surface area contributed by atoms with E-state index in [4.69, 9.17) is 4.74 Å². The van der Waals surface area contributed by atoms with E-state index in [-0.39, 0.29) is 11.8 Å². The summed E-state index contributed by atoms with van der Waals surface area (Å²) in [5.41, 5.74) is 3.99. The smallest absolute Gasteiger partial charge is 0.341 e. The van der Waals surface area contributed by atoms with Gasteiger partial charge in [-0.25, -0.2) is 14.0 Å². The number of thiophene rings is 2. The Bertz CT molecular complexity index is 1460. The molecule has 2 aliphatic rings. The van der Waals surface area contributed by atoms with E-state index in [0.29, 0.717) is 17.1 Å². The number of carbonyl (C=O) groups is 2. The summed E-state index contributed by atoms with van der Waals surface area (Å²) in [6.45, 7) is 9.63. The molecular weight excluding hydrogens is 572 g/mol. The molecule has 0 fully saturated rings. The van der Waals surface area contributed by atoms with Crippen molar-refractivity contribution in [3.05, 3.63) is 62.1 Å². The topological polar surface area (TPSA) is 73.9 Å². The molecule has 0 atom stereocenters. The Morgan fingerprint density at radius 1 is 1.07 bits per heavy atom. The second-order valence-corrected chi connectivity index (χ2v) is 14.6. The van der Waals surface area contributed by atoms with Crippen molar-refractivity contribution in [1.82, 2.24) is 15.1 Å². The van der Waals surface area contributed by atoms with Crippen molar-refractivity contribution in [2.24, 2.45) is 0 Å². The average Bonchev–Trinajstić information content (AvgIpc) is 3.47. The zero-order valence-electron chi connectivity index (χ0n) is 25.2. The second-order valence-electron chi connectivity index (χ2n) is 12.4. The van der Waals surface area contributed by atoms with Crippen LogP contribution in [0.4, 0.5) is 14.2 Å². The summed E-state index contributed by atoms with van der Waals surface area (Å²) in [5.74, 6) is -0.671. The van der Waals surface area contributed by atoms with Crippen molar-refractivity contribution < 1.29 is 18.7 Å². The maximum absolute atomic E-state index is 14.2. The molecule has 1 aromatic carbocycles. The zero-order chi connectivity index (χ0) is 30.0. The van der Waals surface area contributed by atoms with Crippen LogP contribution < -0.4 is 10.6 Å². The van der Waals surface area contributed by atoms with Gasteiger partial charge in [0.05, 0.1) is 5.56 Å². The van der Waals surface area contributed by atoms with Gasteiger partial charge in [0.2, 0.25) is 0 Å². The van der Waals surface area contributed by atoms with Crippen LogP contribution >= 0.6 is 22.7 Å². The molecule has 1 aliphatic heterocycles. The summed E-state index contributed by atoms with van der Waals surface area (Å²) >= 11 is 3.17. The fourth-order valence-electron chi connectivity index (χ4n) is 5.62. The predicted molar refractivity (Wildman–Crippen MR) is 169 cm³/mol. The number of aryl methyl sites for hydroxylation is 1. The Kier molecular flexibility index (Phi) is 9.37. The molecule has 0 saturated heterocycles. The fraction of sp³-hybridized carbons (Fsp3) is 0.500. The van der Waals surface area contributed by atoms with E-state index in [0.717, 1.165) is 84.7 Å². The van der Waals surface area contributed by atoms with Gasteiger partial charge in [-0.3, -0.25) is 10.2 Å². The molecule has 7 nitrogen and oxygen atoms in total. The minimum absolute atomic E-state index is 0.278. The number of hydrogen-bond donors (Lipinski definition) is 2. The van der Waals surface area contributed by atoms with Crippen molar-refractivity contribution in [3.63, 3.8) is 0 Å². The molecule has 0 bridgehead atoms. The number of halogens is 1. The van der Waals surface area contributed by atoms with Crippen LogP contribution in [0.2, 0.25) is 0 Å². The summed E-state index contributed by atoms with van der Waals surface area (Å²) in [6.07, 6.45) is 4.69. The summed E-state index contributed by atoms with van der Waals surface area (Å²) in [6, 6.07) is 6.30. The summed E-state index contributed by atoms with van der Waals surface area (Å²) in [4.78, 5) is 34.6. The van der Waals surface area contributed by atoms with Crippen LogP contribution in [0.5, 0.6) is 0 Å². The lowest BCUT2D eigenvalue weighted by Crippen LogP contribution is -2.35. The van der Waals surface area contributed by atoms with Gasteiger partial charge in [-0.05, 0) is 101 Å². The van der Waals surface area contributed by atoms with E-state index in [1.54, 1.807) is 23.5 Å². The number of benzene rings is 1. The molecule has 42 heavy (non-hydrogen) atoms. The van der Waals surface area contributed by atoms with Gasteiger partial charge in [-0.1, -0.05) is 12.1 Å². The number of likely N-dealkylation sites (N-methyl/N-ethyl adjacent to an activating group) is 1. The average molecular weight is 613 g/mol. The molecule has 0 radical (unpaired) electrons. The second kappa shape index (κ2) is 12.8. The number of urea groups is 1. The highest BCUT2D eigenvalue weighted by Crippen LogP contribution is 2.41. The lowest BCUT2D eigenvalue weighted by atomic mass is 9.95. The molecule has 5 rings (SSSR count). The van der Waals surface area contributed by atoms with E-state index in [9.17, 15) is 14.0 Å². The molecule has 2 amide bonds.